The Morgan fingerprint density at radius 1 is 1.26 bits per heavy atom. The van der Waals surface area contributed by atoms with E-state index in [1.54, 1.807) is 12.4 Å². The van der Waals surface area contributed by atoms with Crippen LogP contribution in [0, 0.1) is 17.6 Å². The predicted octanol–water partition coefficient (Wildman–Crippen LogP) is 4.67. The van der Waals surface area contributed by atoms with Crippen LogP contribution in [-0.2, 0) is 0 Å². The highest BCUT2D eigenvalue weighted by molar-refractivity contribution is 7.13. The second-order valence-electron chi connectivity index (χ2n) is 7.98. The summed E-state index contributed by atoms with van der Waals surface area (Å²) in [5, 5.41) is 13.7. The lowest BCUT2D eigenvalue weighted by Gasteiger charge is -2.32. The highest BCUT2D eigenvalue weighted by Gasteiger charge is 2.28. The summed E-state index contributed by atoms with van der Waals surface area (Å²) in [4.78, 5) is 21.0. The first kappa shape index (κ1) is 21.3. The van der Waals surface area contributed by atoms with Crippen LogP contribution in [0.1, 0.15) is 48.2 Å². The standard InChI is InChI=1S/C22H22F2N4O2S/c1-11-6-12(8-13(25)7-11)14-4-5-26-9-16(14)27-21(30)17-10-31-22(28-17)19-15(23)2-3-18(29)20(19)24/h2-5,9-13,29H,6-8,25H2,1H3,(H,27,30). The molecule has 3 aromatic rings. The van der Waals surface area contributed by atoms with Crippen LogP contribution in [0.5, 0.6) is 5.75 Å². The quantitative estimate of drug-likeness (QED) is 0.543. The van der Waals surface area contributed by atoms with Crippen molar-refractivity contribution in [2.24, 2.45) is 11.7 Å². The van der Waals surface area contributed by atoms with Crippen molar-refractivity contribution < 1.29 is 18.7 Å². The number of aromatic hydroxyl groups is 1. The molecule has 4 rings (SSSR count). The third-order valence-corrected chi connectivity index (χ3v) is 6.40. The van der Waals surface area contributed by atoms with Crippen LogP contribution >= 0.6 is 11.3 Å². The molecule has 31 heavy (non-hydrogen) atoms. The Morgan fingerprint density at radius 2 is 2.06 bits per heavy atom. The second kappa shape index (κ2) is 8.68. The number of benzene rings is 1. The van der Waals surface area contributed by atoms with Gasteiger partial charge in [-0.25, -0.2) is 13.8 Å². The van der Waals surface area contributed by atoms with E-state index in [9.17, 15) is 18.7 Å². The summed E-state index contributed by atoms with van der Waals surface area (Å²) in [6.07, 6.45) is 6.04. The van der Waals surface area contributed by atoms with Crippen molar-refractivity contribution in [3.8, 4) is 16.3 Å². The van der Waals surface area contributed by atoms with Gasteiger partial charge in [-0.05, 0) is 54.9 Å². The molecular formula is C22H22F2N4O2S. The molecule has 0 aliphatic heterocycles. The number of rotatable bonds is 4. The Hall–Kier alpha value is -2.91. The van der Waals surface area contributed by atoms with Crippen molar-refractivity contribution in [2.75, 3.05) is 5.32 Å². The maximum absolute atomic E-state index is 14.2. The topological polar surface area (TPSA) is 101 Å². The van der Waals surface area contributed by atoms with Crippen molar-refractivity contribution in [3.63, 3.8) is 0 Å². The first-order chi connectivity index (χ1) is 14.8. The predicted molar refractivity (Wildman–Crippen MR) is 115 cm³/mol. The van der Waals surface area contributed by atoms with E-state index in [0.29, 0.717) is 11.6 Å². The summed E-state index contributed by atoms with van der Waals surface area (Å²) in [6.45, 7) is 2.17. The normalized spacial score (nSPS) is 21.1. The number of hydrogen-bond donors (Lipinski definition) is 3. The SMILES string of the molecule is CC1CC(N)CC(c2ccncc2NC(=O)c2csc(-c3c(F)ccc(O)c3F)n2)C1. The second-order valence-corrected chi connectivity index (χ2v) is 8.84. The third-order valence-electron chi connectivity index (χ3n) is 5.54. The van der Waals surface area contributed by atoms with Crippen LogP contribution < -0.4 is 11.1 Å². The molecule has 1 aliphatic carbocycles. The molecule has 1 fully saturated rings. The summed E-state index contributed by atoms with van der Waals surface area (Å²) >= 11 is 0.916. The number of thiazole rings is 1. The van der Waals surface area contributed by atoms with Crippen LogP contribution in [0.25, 0.3) is 10.6 Å². The lowest BCUT2D eigenvalue weighted by Crippen LogP contribution is -2.31. The molecule has 2 aromatic heterocycles. The third kappa shape index (κ3) is 4.42. The fourth-order valence-corrected chi connectivity index (χ4v) is 5.03. The number of carbonyl (C=O) groups is 1. The average molecular weight is 445 g/mol. The van der Waals surface area contributed by atoms with Gasteiger partial charge in [0.15, 0.2) is 11.6 Å². The van der Waals surface area contributed by atoms with Crippen LogP contribution in [-0.4, -0.2) is 27.0 Å². The lowest BCUT2D eigenvalue weighted by atomic mass is 9.76. The number of halogens is 2. The molecule has 4 N–H and O–H groups in total. The number of hydrogen-bond acceptors (Lipinski definition) is 6. The van der Waals surface area contributed by atoms with E-state index in [1.165, 1.54) is 5.38 Å². The van der Waals surface area contributed by atoms with Crippen LogP contribution in [0.3, 0.4) is 0 Å². The highest BCUT2D eigenvalue weighted by Crippen LogP contribution is 2.38. The molecule has 0 bridgehead atoms. The van der Waals surface area contributed by atoms with Crippen LogP contribution in [0.15, 0.2) is 36.0 Å². The van der Waals surface area contributed by atoms with Gasteiger partial charge in [-0.1, -0.05) is 6.92 Å². The van der Waals surface area contributed by atoms with Crippen LogP contribution in [0.4, 0.5) is 14.5 Å². The monoisotopic (exact) mass is 444 g/mol. The van der Waals surface area contributed by atoms with Gasteiger partial charge in [0.25, 0.3) is 5.91 Å². The number of aromatic nitrogens is 2. The lowest BCUT2D eigenvalue weighted by molar-refractivity contribution is 0.102. The number of nitrogens with two attached hydrogens (primary N) is 1. The number of amides is 1. The molecule has 9 heteroatoms. The van der Waals surface area contributed by atoms with E-state index in [0.717, 1.165) is 48.3 Å². The Balaban J connectivity index is 1.58. The zero-order valence-corrected chi connectivity index (χ0v) is 17.6. The first-order valence-corrected chi connectivity index (χ1v) is 10.8. The molecule has 3 unspecified atom stereocenters. The molecule has 162 valence electrons. The number of nitrogens with zero attached hydrogens (tertiary/aromatic N) is 2. The maximum atomic E-state index is 14.2. The minimum absolute atomic E-state index is 0.0191. The number of phenolic OH excluding ortho intramolecular Hbond substituents is 1. The summed E-state index contributed by atoms with van der Waals surface area (Å²) in [5.74, 6) is -2.48. The van der Waals surface area contributed by atoms with Crippen molar-refractivity contribution >= 4 is 22.9 Å². The van der Waals surface area contributed by atoms with Crippen molar-refractivity contribution in [1.29, 1.82) is 0 Å². The Morgan fingerprint density at radius 3 is 2.84 bits per heavy atom. The number of anilines is 1. The Kier molecular flexibility index (Phi) is 5.97. The molecule has 1 saturated carbocycles. The van der Waals surface area contributed by atoms with Gasteiger partial charge in [-0.15, -0.1) is 11.3 Å². The van der Waals surface area contributed by atoms with Crippen molar-refractivity contribution in [1.82, 2.24) is 9.97 Å². The number of pyridine rings is 1. The number of nitrogens with one attached hydrogen (secondary N) is 1. The van der Waals surface area contributed by atoms with Gasteiger partial charge in [0.1, 0.15) is 16.5 Å². The molecule has 6 nitrogen and oxygen atoms in total. The van der Waals surface area contributed by atoms with E-state index in [4.69, 9.17) is 5.73 Å². The van der Waals surface area contributed by atoms with Gasteiger partial charge in [0.2, 0.25) is 0 Å². The molecule has 0 saturated heterocycles. The van der Waals surface area contributed by atoms with E-state index in [-0.39, 0.29) is 22.7 Å². The summed E-state index contributed by atoms with van der Waals surface area (Å²) in [6, 6.07) is 3.87. The maximum Gasteiger partial charge on any atom is 0.275 e. The van der Waals surface area contributed by atoms with E-state index in [1.807, 2.05) is 6.07 Å². The van der Waals surface area contributed by atoms with Gasteiger partial charge in [-0.2, -0.15) is 0 Å². The first-order valence-electron chi connectivity index (χ1n) is 9.97. The highest BCUT2D eigenvalue weighted by atomic mass is 32.1. The Bertz CT molecular complexity index is 1110. The van der Waals surface area contributed by atoms with Crippen molar-refractivity contribution in [3.05, 3.63) is 58.9 Å². The van der Waals surface area contributed by atoms with Crippen molar-refractivity contribution in [2.45, 2.75) is 38.1 Å². The summed E-state index contributed by atoms with van der Waals surface area (Å²) < 4.78 is 28.3. The molecule has 3 atom stereocenters. The molecule has 0 spiro atoms. The van der Waals surface area contributed by atoms with Gasteiger partial charge < -0.3 is 16.2 Å². The largest absolute Gasteiger partial charge is 0.505 e. The molecule has 1 amide bonds. The van der Waals surface area contributed by atoms with Crippen LogP contribution in [0.2, 0.25) is 0 Å². The van der Waals surface area contributed by atoms with E-state index < -0.39 is 28.9 Å². The Labute approximate surface area is 182 Å². The summed E-state index contributed by atoms with van der Waals surface area (Å²) in [5.41, 5.74) is 7.29. The molecular weight excluding hydrogens is 422 g/mol. The molecule has 1 aromatic carbocycles. The fraction of sp³-hybridized carbons (Fsp3) is 0.318. The summed E-state index contributed by atoms with van der Waals surface area (Å²) in [7, 11) is 0. The fourth-order valence-electron chi connectivity index (χ4n) is 4.19. The number of carbonyl (C=O) groups excluding carboxylic acids is 1. The van der Waals surface area contributed by atoms with Gasteiger partial charge in [0, 0.05) is 17.6 Å². The van der Waals surface area contributed by atoms with E-state index >= 15 is 0 Å². The zero-order chi connectivity index (χ0) is 22.1. The zero-order valence-electron chi connectivity index (χ0n) is 16.8. The smallest absolute Gasteiger partial charge is 0.275 e. The molecule has 2 heterocycles. The molecule has 1 aliphatic rings. The van der Waals surface area contributed by atoms with Gasteiger partial charge >= 0.3 is 0 Å². The minimum atomic E-state index is -1.11. The minimum Gasteiger partial charge on any atom is -0.505 e. The van der Waals surface area contributed by atoms with E-state index in [2.05, 4.69) is 22.2 Å². The van der Waals surface area contributed by atoms with Gasteiger partial charge in [0.05, 0.1) is 17.4 Å². The average Bonchev–Trinajstić information content (AvgIpc) is 3.21. The number of phenols is 1. The molecule has 0 radical (unpaired) electrons. The van der Waals surface area contributed by atoms with Gasteiger partial charge in [-0.3, -0.25) is 9.78 Å².